The van der Waals surface area contributed by atoms with Crippen molar-refractivity contribution in [1.82, 2.24) is 9.29 Å². The molecule has 2 fully saturated rings. The van der Waals surface area contributed by atoms with E-state index in [0.29, 0.717) is 29.6 Å². The number of halogens is 6. The van der Waals surface area contributed by atoms with Crippen LogP contribution in [0.2, 0.25) is 0 Å². The lowest BCUT2D eigenvalue weighted by Gasteiger charge is -2.51. The highest BCUT2D eigenvalue weighted by Gasteiger charge is 2.59. The highest BCUT2D eigenvalue weighted by atomic mass is 32.2. The van der Waals surface area contributed by atoms with Crippen LogP contribution in [0.4, 0.5) is 26.3 Å². The predicted octanol–water partition coefficient (Wildman–Crippen LogP) is 2.18. The summed E-state index contributed by atoms with van der Waals surface area (Å²) >= 11 is 0. The van der Waals surface area contributed by atoms with E-state index in [1.165, 1.54) is 0 Å². The molecule has 2 aliphatic rings. The number of carboxylic acids is 1. The summed E-state index contributed by atoms with van der Waals surface area (Å²) in [4.78, 5) is 12.9. The Morgan fingerprint density at radius 2 is 1.83 bits per heavy atom. The fourth-order valence-electron chi connectivity index (χ4n) is 2.80. The molecule has 2 saturated heterocycles. The summed E-state index contributed by atoms with van der Waals surface area (Å²) in [5, 5.41) is 7.12. The van der Waals surface area contributed by atoms with E-state index in [4.69, 9.17) is 19.4 Å². The molecule has 0 saturated carbocycles. The van der Waals surface area contributed by atoms with Gasteiger partial charge in [0.2, 0.25) is 5.88 Å². The van der Waals surface area contributed by atoms with Gasteiger partial charge in [-0.25, -0.2) is 18.2 Å². The van der Waals surface area contributed by atoms with Gasteiger partial charge in [-0.15, -0.1) is 0 Å². The van der Waals surface area contributed by atoms with Gasteiger partial charge < -0.3 is 14.6 Å². The Bertz CT molecular complexity index is 839. The number of aromatic nitrogens is 1. The largest absolute Gasteiger partial charge is 0.511 e. The van der Waals surface area contributed by atoms with Crippen molar-refractivity contribution in [2.75, 3.05) is 19.7 Å². The standard InChI is InChI=1S/C13H15F3N2O4S.C2HF3O2/c14-13(15,16)23(19,20)18-8-12(9-18)7-10(4-6-21-12)22-11-3-1-2-5-17-11;3-2(4,5)1(6)7/h1-3,5,10H,4,6-9H2;(H,6,7). The molecule has 0 aromatic carbocycles. The van der Waals surface area contributed by atoms with Gasteiger partial charge in [-0.2, -0.15) is 30.6 Å². The molecule has 1 unspecified atom stereocenters. The lowest BCUT2D eigenvalue weighted by molar-refractivity contribution is -0.192. The summed E-state index contributed by atoms with van der Waals surface area (Å²) in [6.45, 7) is -0.314. The minimum atomic E-state index is -5.29. The number of aliphatic carboxylic acids is 1. The first kappa shape index (κ1) is 24.1. The molecule has 170 valence electrons. The molecular formula is C15H16F6N2O6S. The Morgan fingerprint density at radius 3 is 2.30 bits per heavy atom. The number of hydrogen-bond acceptors (Lipinski definition) is 6. The topological polar surface area (TPSA) is 106 Å². The van der Waals surface area contributed by atoms with E-state index in [-0.39, 0.29) is 19.2 Å². The molecule has 1 N–H and O–H groups in total. The molecule has 1 spiro atoms. The maximum atomic E-state index is 12.5. The van der Waals surface area contributed by atoms with Crippen LogP contribution in [-0.4, -0.2) is 71.9 Å². The van der Waals surface area contributed by atoms with Crippen LogP contribution in [0.1, 0.15) is 12.8 Å². The van der Waals surface area contributed by atoms with Gasteiger partial charge in [0, 0.05) is 38.2 Å². The highest BCUT2D eigenvalue weighted by Crippen LogP contribution is 2.40. The lowest BCUT2D eigenvalue weighted by Crippen LogP contribution is -2.68. The number of carbonyl (C=O) groups is 1. The Morgan fingerprint density at radius 1 is 1.23 bits per heavy atom. The third kappa shape index (κ3) is 5.72. The number of pyridine rings is 1. The van der Waals surface area contributed by atoms with Crippen LogP contribution in [0.3, 0.4) is 0 Å². The van der Waals surface area contributed by atoms with Crippen molar-refractivity contribution in [3.8, 4) is 5.88 Å². The van der Waals surface area contributed by atoms with Crippen molar-refractivity contribution in [2.45, 2.75) is 36.2 Å². The number of carboxylic acid groups (broad SMARTS) is 1. The first-order valence-corrected chi connectivity index (χ1v) is 9.68. The van der Waals surface area contributed by atoms with Crippen molar-refractivity contribution in [2.24, 2.45) is 0 Å². The summed E-state index contributed by atoms with van der Waals surface area (Å²) in [5.74, 6) is -2.33. The van der Waals surface area contributed by atoms with Crippen LogP contribution in [0.15, 0.2) is 24.4 Å². The zero-order valence-electron chi connectivity index (χ0n) is 15.0. The summed E-state index contributed by atoms with van der Waals surface area (Å²) < 4.78 is 104. The van der Waals surface area contributed by atoms with Crippen LogP contribution in [-0.2, 0) is 19.6 Å². The second-order valence-corrected chi connectivity index (χ2v) is 8.38. The third-order valence-electron chi connectivity index (χ3n) is 4.18. The number of hydrogen-bond donors (Lipinski definition) is 1. The molecule has 15 heteroatoms. The second-order valence-electron chi connectivity index (χ2n) is 6.45. The number of ether oxygens (including phenoxy) is 2. The van der Waals surface area contributed by atoms with E-state index in [1.807, 2.05) is 0 Å². The maximum Gasteiger partial charge on any atom is 0.511 e. The van der Waals surface area contributed by atoms with E-state index in [1.54, 1.807) is 24.4 Å². The van der Waals surface area contributed by atoms with Gasteiger partial charge in [0.25, 0.3) is 0 Å². The average Bonchev–Trinajstić information content (AvgIpc) is 2.59. The SMILES string of the molecule is O=C(O)C(F)(F)F.O=S(=O)(N1CC2(CC(Oc3ccccn3)CCO2)C1)C(F)(F)F. The van der Waals surface area contributed by atoms with Crippen molar-refractivity contribution in [1.29, 1.82) is 0 Å². The zero-order chi connectivity index (χ0) is 22.8. The minimum absolute atomic E-state index is 0.269. The average molecular weight is 466 g/mol. The monoisotopic (exact) mass is 466 g/mol. The van der Waals surface area contributed by atoms with Crippen LogP contribution in [0, 0.1) is 0 Å². The molecule has 1 aromatic heterocycles. The second kappa shape index (κ2) is 8.55. The highest BCUT2D eigenvalue weighted by molar-refractivity contribution is 7.90. The first-order chi connectivity index (χ1) is 13.7. The Kier molecular flexibility index (Phi) is 6.88. The van der Waals surface area contributed by atoms with Gasteiger partial charge in [-0.3, -0.25) is 0 Å². The zero-order valence-corrected chi connectivity index (χ0v) is 15.8. The minimum Gasteiger partial charge on any atom is -0.475 e. The van der Waals surface area contributed by atoms with Crippen molar-refractivity contribution in [3.63, 3.8) is 0 Å². The third-order valence-corrected chi connectivity index (χ3v) is 5.70. The van der Waals surface area contributed by atoms with Gasteiger partial charge in [-0.1, -0.05) is 6.07 Å². The van der Waals surface area contributed by atoms with Gasteiger partial charge in [0.15, 0.2) is 0 Å². The fourth-order valence-corrected chi connectivity index (χ4v) is 3.91. The molecule has 0 radical (unpaired) electrons. The molecule has 0 aliphatic carbocycles. The first-order valence-electron chi connectivity index (χ1n) is 8.24. The fraction of sp³-hybridized carbons (Fsp3) is 0.600. The van der Waals surface area contributed by atoms with Crippen molar-refractivity contribution >= 4 is 16.0 Å². The molecule has 2 aliphatic heterocycles. The molecule has 1 aromatic rings. The number of alkyl halides is 6. The summed E-state index contributed by atoms with van der Waals surface area (Å²) in [6, 6.07) is 5.19. The summed E-state index contributed by atoms with van der Waals surface area (Å²) in [6.07, 6.45) is -2.88. The number of rotatable bonds is 3. The molecule has 3 heterocycles. The number of sulfonamides is 1. The molecule has 0 amide bonds. The van der Waals surface area contributed by atoms with E-state index in [0.717, 1.165) is 0 Å². The Balaban J connectivity index is 0.000000396. The van der Waals surface area contributed by atoms with Gasteiger partial charge in [-0.05, 0) is 6.07 Å². The summed E-state index contributed by atoms with van der Waals surface area (Å²) in [5.41, 5.74) is -6.19. The van der Waals surface area contributed by atoms with Crippen LogP contribution in [0.5, 0.6) is 5.88 Å². The van der Waals surface area contributed by atoms with Crippen molar-refractivity contribution < 1.29 is 54.1 Å². The van der Waals surface area contributed by atoms with E-state index in [9.17, 15) is 34.8 Å². The quantitative estimate of drug-likeness (QED) is 0.681. The molecular weight excluding hydrogens is 450 g/mol. The predicted molar refractivity (Wildman–Crippen MR) is 86.8 cm³/mol. The van der Waals surface area contributed by atoms with E-state index in [2.05, 4.69) is 4.98 Å². The molecule has 30 heavy (non-hydrogen) atoms. The van der Waals surface area contributed by atoms with E-state index < -0.39 is 33.3 Å². The van der Waals surface area contributed by atoms with Gasteiger partial charge in [0.05, 0.1) is 12.2 Å². The van der Waals surface area contributed by atoms with Crippen LogP contribution in [0.25, 0.3) is 0 Å². The molecule has 0 bridgehead atoms. The maximum absolute atomic E-state index is 12.5. The molecule has 1 atom stereocenters. The molecule has 3 rings (SSSR count). The number of nitrogens with zero attached hydrogens (tertiary/aromatic N) is 2. The summed E-state index contributed by atoms with van der Waals surface area (Å²) in [7, 11) is -5.29. The normalized spacial score (nSPS) is 21.9. The lowest BCUT2D eigenvalue weighted by atomic mass is 9.86. The van der Waals surface area contributed by atoms with E-state index >= 15 is 0 Å². The van der Waals surface area contributed by atoms with Crippen LogP contribution >= 0.6 is 0 Å². The van der Waals surface area contributed by atoms with Gasteiger partial charge >= 0.3 is 27.7 Å². The smallest absolute Gasteiger partial charge is 0.475 e. The molecule has 8 nitrogen and oxygen atoms in total. The van der Waals surface area contributed by atoms with Gasteiger partial charge in [0.1, 0.15) is 6.10 Å². The van der Waals surface area contributed by atoms with Crippen LogP contribution < -0.4 is 4.74 Å². The Labute approximate surface area is 166 Å². The van der Waals surface area contributed by atoms with Crippen molar-refractivity contribution in [3.05, 3.63) is 24.4 Å². The Hall–Kier alpha value is -2.13.